The summed E-state index contributed by atoms with van der Waals surface area (Å²) in [5, 5.41) is 2.83. The first-order valence-electron chi connectivity index (χ1n) is 15.6. The highest BCUT2D eigenvalue weighted by Gasteiger charge is 2.49. The summed E-state index contributed by atoms with van der Waals surface area (Å²) >= 11 is 3.68. The second-order valence-corrected chi connectivity index (χ2v) is 14.5. The number of ketones is 2. The minimum absolute atomic E-state index is 0.0959. The number of hydrogen-bond donors (Lipinski definition) is 1. The molecule has 3 aliphatic rings. The molecule has 44 heavy (non-hydrogen) atoms. The summed E-state index contributed by atoms with van der Waals surface area (Å²) < 4.78 is 12.7. The first kappa shape index (κ1) is 32.0. The van der Waals surface area contributed by atoms with Crippen LogP contribution >= 0.6 is 15.9 Å². The van der Waals surface area contributed by atoms with Crippen LogP contribution in [0.1, 0.15) is 85.1 Å². The summed E-state index contributed by atoms with van der Waals surface area (Å²) in [6.07, 6.45) is 3.31. The number of rotatable bonds is 9. The molecule has 0 saturated heterocycles. The Balaban J connectivity index is 1.59. The van der Waals surface area contributed by atoms with Gasteiger partial charge in [-0.15, -0.1) is 0 Å². The Morgan fingerprint density at radius 3 is 2.05 bits per heavy atom. The Kier molecular flexibility index (Phi) is 9.13. The number of para-hydroxylation sites is 1. The van der Waals surface area contributed by atoms with Gasteiger partial charge in [-0.2, -0.15) is 0 Å². The van der Waals surface area contributed by atoms with Crippen LogP contribution in [0.3, 0.4) is 0 Å². The molecule has 2 aliphatic carbocycles. The minimum Gasteiger partial charge on any atom is -0.490 e. The van der Waals surface area contributed by atoms with Crippen LogP contribution in [-0.2, 0) is 14.4 Å². The van der Waals surface area contributed by atoms with Crippen LogP contribution in [0, 0.1) is 10.8 Å². The van der Waals surface area contributed by atoms with Crippen LogP contribution in [-0.4, -0.2) is 42.1 Å². The first-order valence-corrected chi connectivity index (χ1v) is 16.4. The van der Waals surface area contributed by atoms with Crippen molar-refractivity contribution in [2.75, 3.05) is 25.1 Å². The van der Waals surface area contributed by atoms with Crippen molar-refractivity contribution in [2.24, 2.45) is 10.8 Å². The lowest BCUT2D eigenvalue weighted by Gasteiger charge is -2.49. The van der Waals surface area contributed by atoms with E-state index in [9.17, 15) is 14.4 Å². The van der Waals surface area contributed by atoms with Gasteiger partial charge in [0.1, 0.15) is 0 Å². The zero-order valence-electron chi connectivity index (χ0n) is 26.6. The van der Waals surface area contributed by atoms with E-state index in [2.05, 4.69) is 60.8 Å². The molecule has 0 spiro atoms. The van der Waals surface area contributed by atoms with Crippen molar-refractivity contribution in [3.05, 3.63) is 75.0 Å². The van der Waals surface area contributed by atoms with E-state index in [4.69, 9.17) is 9.47 Å². The fourth-order valence-electron chi connectivity index (χ4n) is 6.89. The molecule has 2 aromatic carbocycles. The van der Waals surface area contributed by atoms with E-state index in [1.807, 2.05) is 49.4 Å². The van der Waals surface area contributed by atoms with Gasteiger partial charge in [0.2, 0.25) is 0 Å². The Hall–Kier alpha value is -3.39. The molecule has 0 radical (unpaired) electrons. The molecule has 5 rings (SSSR count). The predicted octanol–water partition coefficient (Wildman–Crippen LogP) is 7.96. The third kappa shape index (κ3) is 6.51. The zero-order valence-corrected chi connectivity index (χ0v) is 28.2. The number of halogens is 1. The van der Waals surface area contributed by atoms with Gasteiger partial charge in [0.15, 0.2) is 29.7 Å². The van der Waals surface area contributed by atoms with Crippen LogP contribution < -0.4 is 14.8 Å². The number of allylic oxidation sites excluding steroid dienone is 4. The van der Waals surface area contributed by atoms with Crippen LogP contribution in [0.2, 0.25) is 0 Å². The summed E-state index contributed by atoms with van der Waals surface area (Å²) in [5.74, 6) is 0.256. The number of benzene rings is 2. The fraction of sp³-hybridized carbons (Fsp3) is 0.472. The topological polar surface area (TPSA) is 84.9 Å². The van der Waals surface area contributed by atoms with Gasteiger partial charge in [0, 0.05) is 53.5 Å². The Labute approximate surface area is 269 Å². The van der Waals surface area contributed by atoms with Gasteiger partial charge in [-0.25, -0.2) is 0 Å². The monoisotopic (exact) mass is 662 g/mol. The molecule has 1 amide bonds. The lowest BCUT2D eigenvalue weighted by molar-refractivity contribution is -0.120. The van der Waals surface area contributed by atoms with E-state index < -0.39 is 5.92 Å². The number of Topliss-reactive ketones (excluding diaryl/α,β-unsaturated/α-hetero) is 2. The molecule has 0 atom stereocenters. The van der Waals surface area contributed by atoms with Crippen LogP contribution in [0.15, 0.2) is 69.5 Å². The summed E-state index contributed by atoms with van der Waals surface area (Å²) in [5.41, 5.74) is 4.71. The number of nitrogens with one attached hydrogen (secondary N) is 1. The Morgan fingerprint density at radius 2 is 1.50 bits per heavy atom. The lowest BCUT2D eigenvalue weighted by Crippen LogP contribution is -2.44. The molecule has 0 aromatic heterocycles. The number of amides is 1. The van der Waals surface area contributed by atoms with Crippen molar-refractivity contribution in [2.45, 2.75) is 79.6 Å². The summed E-state index contributed by atoms with van der Waals surface area (Å²) in [7, 11) is 0. The summed E-state index contributed by atoms with van der Waals surface area (Å²) in [4.78, 5) is 43.1. The minimum atomic E-state index is -0.494. The largest absolute Gasteiger partial charge is 0.490 e. The van der Waals surface area contributed by atoms with Crippen LogP contribution in [0.4, 0.5) is 5.69 Å². The molecule has 1 N–H and O–H groups in total. The second-order valence-electron chi connectivity index (χ2n) is 13.7. The summed E-state index contributed by atoms with van der Waals surface area (Å²) in [6, 6.07) is 13.0. The van der Waals surface area contributed by atoms with E-state index in [0.29, 0.717) is 41.1 Å². The van der Waals surface area contributed by atoms with Gasteiger partial charge < -0.3 is 19.7 Å². The highest BCUT2D eigenvalue weighted by molar-refractivity contribution is 9.10. The average Bonchev–Trinajstić information content (AvgIpc) is 2.92. The lowest BCUT2D eigenvalue weighted by atomic mass is 9.63. The molecule has 234 valence electrons. The molecule has 7 nitrogen and oxygen atoms in total. The maximum atomic E-state index is 14.0. The highest BCUT2D eigenvalue weighted by Crippen LogP contribution is 2.55. The smallest absolute Gasteiger partial charge is 0.262 e. The highest BCUT2D eigenvalue weighted by atomic mass is 79.9. The Bertz CT molecular complexity index is 1480. The van der Waals surface area contributed by atoms with E-state index in [1.54, 1.807) is 0 Å². The van der Waals surface area contributed by atoms with Crippen molar-refractivity contribution >= 4 is 39.1 Å². The number of anilines is 1. The normalized spacial score (nSPS) is 19.5. The van der Waals surface area contributed by atoms with Crippen LogP contribution in [0.25, 0.3) is 0 Å². The van der Waals surface area contributed by atoms with E-state index in [0.717, 1.165) is 53.9 Å². The van der Waals surface area contributed by atoms with E-state index >= 15 is 0 Å². The van der Waals surface area contributed by atoms with Crippen molar-refractivity contribution in [1.82, 2.24) is 4.90 Å². The van der Waals surface area contributed by atoms with E-state index in [1.165, 1.54) is 0 Å². The molecule has 0 fully saturated rings. The molecule has 0 bridgehead atoms. The van der Waals surface area contributed by atoms with Gasteiger partial charge >= 0.3 is 0 Å². The van der Waals surface area contributed by atoms with Gasteiger partial charge in [-0.1, -0.05) is 52.8 Å². The predicted molar refractivity (Wildman–Crippen MR) is 176 cm³/mol. The number of ether oxygens (including phenoxy) is 2. The average molecular weight is 664 g/mol. The Morgan fingerprint density at radius 1 is 0.909 bits per heavy atom. The molecule has 8 heteroatoms. The molecule has 2 aromatic rings. The third-order valence-electron chi connectivity index (χ3n) is 8.54. The van der Waals surface area contributed by atoms with Gasteiger partial charge in [0.05, 0.1) is 11.1 Å². The third-order valence-corrected chi connectivity index (χ3v) is 9.13. The zero-order chi connectivity index (χ0) is 31.8. The molecule has 0 unspecified atom stereocenters. The standard InChI is InChI=1S/C36H43BrN2O5/c1-7-14-39-25-17-35(3,4)19-27(40)32(25)31(33-26(39)18-36(5,6)20-28(33)41)22-15-24(37)34(29(16-22)43-8-2)44-21-30(42)38-23-12-10-9-11-13-23/h9-13,15-16,31H,7-8,14,17-21H2,1-6H3,(H,38,42). The number of carbonyl (C=O) groups is 3. The molecule has 1 heterocycles. The van der Waals surface area contributed by atoms with Gasteiger partial charge in [0.25, 0.3) is 5.91 Å². The quantitative estimate of drug-likeness (QED) is 0.293. The summed E-state index contributed by atoms with van der Waals surface area (Å²) in [6.45, 7) is 13.6. The van der Waals surface area contributed by atoms with Crippen molar-refractivity contribution < 1.29 is 23.9 Å². The molecular weight excluding hydrogens is 620 g/mol. The fourth-order valence-corrected chi connectivity index (χ4v) is 7.46. The van der Waals surface area contributed by atoms with Gasteiger partial charge in [-0.3, -0.25) is 14.4 Å². The first-order chi connectivity index (χ1) is 20.8. The molecule has 1 aliphatic heterocycles. The van der Waals surface area contributed by atoms with Crippen molar-refractivity contribution in [3.8, 4) is 11.5 Å². The second kappa shape index (κ2) is 12.5. The number of nitrogens with zero attached hydrogens (tertiary/aromatic N) is 1. The molecule has 0 saturated carbocycles. The maximum Gasteiger partial charge on any atom is 0.262 e. The number of hydrogen-bond acceptors (Lipinski definition) is 6. The van der Waals surface area contributed by atoms with Crippen LogP contribution in [0.5, 0.6) is 11.5 Å². The van der Waals surface area contributed by atoms with Crippen molar-refractivity contribution in [1.29, 1.82) is 0 Å². The van der Waals surface area contributed by atoms with E-state index in [-0.39, 0.29) is 34.9 Å². The SMILES string of the molecule is CCCN1C2=C(C(=O)CC(C)(C)C2)C(c2cc(Br)c(OCC(=O)Nc3ccccc3)c(OCC)c2)C2=C1CC(C)(C)CC2=O. The molecular formula is C36H43BrN2O5. The maximum absolute atomic E-state index is 14.0. The number of carbonyl (C=O) groups excluding carboxylic acids is 3. The van der Waals surface area contributed by atoms with Crippen molar-refractivity contribution in [3.63, 3.8) is 0 Å². The van der Waals surface area contributed by atoms with Gasteiger partial charge in [-0.05, 0) is 82.8 Å².